The highest BCUT2D eigenvalue weighted by molar-refractivity contribution is 6.04. The van der Waals surface area contributed by atoms with Crippen molar-refractivity contribution in [3.05, 3.63) is 132 Å². The van der Waals surface area contributed by atoms with Crippen molar-refractivity contribution in [3.8, 4) is 34.5 Å². The third-order valence-corrected chi connectivity index (χ3v) is 8.11. The highest BCUT2D eigenvalue weighted by Gasteiger charge is 2.15. The molecule has 4 rings (SSSR count). The minimum atomic E-state index is -0.635. The second kappa shape index (κ2) is 22.4. The minimum Gasteiger partial charge on any atom is -0.507 e. The number of unbranched alkanes of at least 4 members (excludes halogenated alkanes) is 2. The number of nitrogens with zero attached hydrogens (tertiary/aromatic N) is 2. The van der Waals surface area contributed by atoms with E-state index in [0.717, 1.165) is 12.2 Å². The molecule has 302 valence electrons. The Kier molecular flexibility index (Phi) is 16.8. The monoisotopic (exact) mass is 792 g/mol. The zero-order chi connectivity index (χ0) is 41.9. The van der Waals surface area contributed by atoms with Crippen LogP contribution >= 0.6 is 0 Å². The summed E-state index contributed by atoms with van der Waals surface area (Å²) in [6.07, 6.45) is 4.82. The summed E-state index contributed by atoms with van der Waals surface area (Å²) in [6, 6.07) is 21.5. The highest BCUT2D eigenvalue weighted by atomic mass is 16.5. The Morgan fingerprint density at radius 2 is 0.879 bits per heavy atom. The molecule has 58 heavy (non-hydrogen) atoms. The van der Waals surface area contributed by atoms with Gasteiger partial charge in [-0.2, -0.15) is 10.2 Å². The van der Waals surface area contributed by atoms with Gasteiger partial charge in [0.1, 0.15) is 34.5 Å². The van der Waals surface area contributed by atoms with Gasteiger partial charge in [0, 0.05) is 35.4 Å². The van der Waals surface area contributed by atoms with Crippen LogP contribution in [0.1, 0.15) is 71.4 Å². The summed E-state index contributed by atoms with van der Waals surface area (Å²) in [5.41, 5.74) is 1.92. The third kappa shape index (κ3) is 13.8. The topological polar surface area (TPSA) is 189 Å². The highest BCUT2D eigenvalue weighted by Crippen LogP contribution is 2.27. The normalized spacial score (nSPS) is 11.2. The molecule has 0 spiro atoms. The van der Waals surface area contributed by atoms with Crippen molar-refractivity contribution in [3.63, 3.8) is 0 Å². The van der Waals surface area contributed by atoms with E-state index in [1.54, 1.807) is 62.4 Å². The van der Waals surface area contributed by atoms with E-state index >= 15 is 0 Å². The first-order chi connectivity index (χ1) is 28.0. The van der Waals surface area contributed by atoms with E-state index in [-0.39, 0.29) is 47.3 Å². The molecule has 0 saturated carbocycles. The lowest BCUT2D eigenvalue weighted by molar-refractivity contribution is -0.138. The van der Waals surface area contributed by atoms with E-state index < -0.39 is 23.9 Å². The Balaban J connectivity index is 1.25. The number of carbonyl (C=O) groups is 4. The molecule has 0 saturated heterocycles. The van der Waals surface area contributed by atoms with Crippen LogP contribution in [0.15, 0.2) is 120 Å². The number of hydrogen-bond acceptors (Lipinski definition) is 14. The molecule has 0 heterocycles. The lowest BCUT2D eigenvalue weighted by atomic mass is 10.1. The summed E-state index contributed by atoms with van der Waals surface area (Å²) in [4.78, 5) is 47.6. The average molecular weight is 793 g/mol. The van der Waals surface area contributed by atoms with E-state index in [1.165, 1.54) is 36.4 Å². The van der Waals surface area contributed by atoms with Gasteiger partial charge in [-0.3, -0.25) is 0 Å². The van der Waals surface area contributed by atoms with Gasteiger partial charge in [0.05, 0.1) is 49.0 Å². The Morgan fingerprint density at radius 3 is 1.22 bits per heavy atom. The molecule has 4 aromatic rings. The molecule has 14 heteroatoms. The number of carbonyl (C=O) groups excluding carboxylic acids is 4. The summed E-state index contributed by atoms with van der Waals surface area (Å²) >= 11 is 0. The zero-order valence-electron chi connectivity index (χ0n) is 32.2. The van der Waals surface area contributed by atoms with Crippen LogP contribution in [0.3, 0.4) is 0 Å². The Bertz CT molecular complexity index is 1990. The lowest BCUT2D eigenvalue weighted by Crippen LogP contribution is -2.09. The van der Waals surface area contributed by atoms with Gasteiger partial charge in [-0.25, -0.2) is 19.2 Å². The molecule has 0 fully saturated rings. The Labute approximate surface area is 335 Å². The predicted molar refractivity (Wildman–Crippen MR) is 215 cm³/mol. The summed E-state index contributed by atoms with van der Waals surface area (Å²) < 4.78 is 32.0. The van der Waals surface area contributed by atoms with Crippen LogP contribution in [0.25, 0.3) is 0 Å². The molecule has 0 aromatic heterocycles. The van der Waals surface area contributed by atoms with Gasteiger partial charge in [0.2, 0.25) is 0 Å². The summed E-state index contributed by atoms with van der Waals surface area (Å²) in [5.74, 6) is -1.25. The fraction of sp³-hybridized carbons (Fsp3) is 0.227. The standard InChI is InChI=1S/C44H44N2O12/c1-5-41(49)55-25-9-7-23-53-33-15-11-31(12-16-33)43(51)57-35-19-21-37(39(47)27-35)29(3)45-46-30(4)38-22-20-36(28-40(38)48)58-44(52)32-13-17-34(18-14-32)54-24-8-10-26-56-42(50)6-2/h5-6,11-22,27-28,47-48H,1-2,7-10,23-26H2,3-4H3. The number of phenols is 2. The van der Waals surface area contributed by atoms with Crippen LogP contribution in [0, 0.1) is 0 Å². The number of phenolic OH excluding ortho intramolecular Hbond substituents is 2. The number of hydrogen-bond donors (Lipinski definition) is 2. The van der Waals surface area contributed by atoms with Gasteiger partial charge in [0.25, 0.3) is 0 Å². The molecular formula is C44H44N2O12. The lowest BCUT2D eigenvalue weighted by Gasteiger charge is -2.10. The molecule has 0 atom stereocenters. The van der Waals surface area contributed by atoms with E-state index in [1.807, 2.05) is 0 Å². The van der Waals surface area contributed by atoms with E-state index in [2.05, 4.69) is 23.4 Å². The quantitative estimate of drug-likeness (QED) is 0.0211. The van der Waals surface area contributed by atoms with Gasteiger partial charge in [0.15, 0.2) is 0 Å². The van der Waals surface area contributed by atoms with Crippen molar-refractivity contribution in [2.75, 3.05) is 26.4 Å². The molecule has 14 nitrogen and oxygen atoms in total. The molecule has 0 bridgehead atoms. The molecule has 0 amide bonds. The minimum absolute atomic E-state index is 0.113. The molecule has 0 aliphatic carbocycles. The number of esters is 4. The molecule has 0 aliphatic heterocycles. The van der Waals surface area contributed by atoms with E-state index in [4.69, 9.17) is 28.4 Å². The smallest absolute Gasteiger partial charge is 0.343 e. The zero-order valence-corrected chi connectivity index (χ0v) is 32.2. The fourth-order valence-electron chi connectivity index (χ4n) is 4.98. The fourth-order valence-corrected chi connectivity index (χ4v) is 4.98. The van der Waals surface area contributed by atoms with Crippen LogP contribution in [0.2, 0.25) is 0 Å². The third-order valence-electron chi connectivity index (χ3n) is 8.11. The van der Waals surface area contributed by atoms with Crippen LogP contribution in [-0.4, -0.2) is 71.9 Å². The maximum absolute atomic E-state index is 12.7. The van der Waals surface area contributed by atoms with Crippen LogP contribution in [0.4, 0.5) is 0 Å². The molecule has 2 N–H and O–H groups in total. The van der Waals surface area contributed by atoms with Gasteiger partial charge in [-0.05, 0) is 112 Å². The number of aromatic hydroxyl groups is 2. The Morgan fingerprint density at radius 1 is 0.534 bits per heavy atom. The molecule has 0 unspecified atom stereocenters. The summed E-state index contributed by atoms with van der Waals surface area (Å²) in [7, 11) is 0. The van der Waals surface area contributed by atoms with Crippen molar-refractivity contribution in [2.45, 2.75) is 39.5 Å². The predicted octanol–water partition coefficient (Wildman–Crippen LogP) is 7.55. The first kappa shape index (κ1) is 43.5. The first-order valence-electron chi connectivity index (χ1n) is 18.2. The van der Waals surface area contributed by atoms with Gasteiger partial charge < -0.3 is 38.6 Å². The first-order valence-corrected chi connectivity index (χ1v) is 18.2. The van der Waals surface area contributed by atoms with Crippen molar-refractivity contribution < 1.29 is 57.8 Å². The Hall–Kier alpha value is -7.22. The maximum Gasteiger partial charge on any atom is 0.343 e. The summed E-state index contributed by atoms with van der Waals surface area (Å²) in [5, 5.41) is 29.8. The number of rotatable bonds is 21. The summed E-state index contributed by atoms with van der Waals surface area (Å²) in [6.45, 7) is 11.3. The average Bonchev–Trinajstić information content (AvgIpc) is 3.22. The van der Waals surface area contributed by atoms with Crippen LogP contribution < -0.4 is 18.9 Å². The molecule has 0 aliphatic rings. The van der Waals surface area contributed by atoms with Gasteiger partial charge in [-0.15, -0.1) is 0 Å². The van der Waals surface area contributed by atoms with Crippen molar-refractivity contribution in [2.24, 2.45) is 10.2 Å². The van der Waals surface area contributed by atoms with Crippen molar-refractivity contribution in [1.82, 2.24) is 0 Å². The van der Waals surface area contributed by atoms with Crippen molar-refractivity contribution >= 4 is 35.3 Å². The number of ether oxygens (including phenoxy) is 6. The van der Waals surface area contributed by atoms with E-state index in [9.17, 15) is 29.4 Å². The second-order valence-electron chi connectivity index (χ2n) is 12.4. The SMILES string of the molecule is C=CC(=O)OCCCCOc1ccc(C(=O)Oc2ccc(C(C)=NN=C(C)c3ccc(OC(=O)c4ccc(OCCCCOC(=O)C=C)cc4)cc3O)c(O)c2)cc1. The maximum atomic E-state index is 12.7. The van der Waals surface area contributed by atoms with Gasteiger partial charge in [-0.1, -0.05) is 13.2 Å². The molecular weight excluding hydrogens is 748 g/mol. The van der Waals surface area contributed by atoms with Gasteiger partial charge >= 0.3 is 23.9 Å². The molecule has 0 radical (unpaired) electrons. The van der Waals surface area contributed by atoms with E-state index in [0.29, 0.717) is 72.9 Å². The van der Waals surface area contributed by atoms with Crippen molar-refractivity contribution in [1.29, 1.82) is 0 Å². The second-order valence-corrected chi connectivity index (χ2v) is 12.4. The number of benzene rings is 4. The van der Waals surface area contributed by atoms with Crippen LogP contribution in [-0.2, 0) is 19.1 Å². The largest absolute Gasteiger partial charge is 0.507 e. The molecule has 4 aromatic carbocycles. The van der Waals surface area contributed by atoms with Crippen LogP contribution in [0.5, 0.6) is 34.5 Å².